The largest absolute Gasteiger partial charge is 0.452 e. The Morgan fingerprint density at radius 1 is 1.41 bits per heavy atom. The molecule has 1 rings (SSSR count). The molecule has 0 heterocycles. The number of esters is 1. The summed E-state index contributed by atoms with van der Waals surface area (Å²) < 4.78 is 4.91. The van der Waals surface area contributed by atoms with E-state index < -0.39 is 5.97 Å². The number of hydrogen-bond donors (Lipinski definition) is 0. The van der Waals surface area contributed by atoms with Gasteiger partial charge in [0.15, 0.2) is 0 Å². The molecule has 1 aromatic rings. The molecule has 17 heavy (non-hydrogen) atoms. The van der Waals surface area contributed by atoms with E-state index in [1.807, 2.05) is 19.1 Å². The molecular weight excluding hydrogens is 216 g/mol. The summed E-state index contributed by atoms with van der Waals surface area (Å²) in [4.78, 5) is 14.6. The van der Waals surface area contributed by atoms with Gasteiger partial charge in [-0.3, -0.25) is 0 Å². The molecule has 4 nitrogen and oxygen atoms in total. The first-order valence-electron chi connectivity index (χ1n) is 5.15. The Balaban J connectivity index is 2.86. The topological polar surface area (TPSA) is 62.7 Å². The van der Waals surface area contributed by atoms with Crippen LogP contribution in [0.15, 0.2) is 36.4 Å². The zero-order valence-corrected chi connectivity index (χ0v) is 9.93. The standard InChI is InChI=1S/C13H14N2O2/c1-9(2)8-17-13(16)12(15-14)11-6-4-10(3)5-7-11/h4-7H,1,8H2,2-3H3. The third-order valence-electron chi connectivity index (χ3n) is 2.07. The molecule has 0 aromatic heterocycles. The summed E-state index contributed by atoms with van der Waals surface area (Å²) in [5.74, 6) is -0.667. The molecule has 0 fully saturated rings. The van der Waals surface area contributed by atoms with Crippen molar-refractivity contribution >= 4 is 11.7 Å². The van der Waals surface area contributed by atoms with Crippen LogP contribution in [0.3, 0.4) is 0 Å². The highest BCUT2D eigenvalue weighted by atomic mass is 16.5. The fourth-order valence-electron chi connectivity index (χ4n) is 1.18. The Kier molecular flexibility index (Phi) is 4.37. The second-order valence-electron chi connectivity index (χ2n) is 3.85. The van der Waals surface area contributed by atoms with Gasteiger partial charge in [0.1, 0.15) is 6.61 Å². The van der Waals surface area contributed by atoms with E-state index >= 15 is 0 Å². The third-order valence-corrected chi connectivity index (χ3v) is 2.07. The lowest BCUT2D eigenvalue weighted by Gasteiger charge is -2.01. The van der Waals surface area contributed by atoms with Crippen LogP contribution in [-0.4, -0.2) is 23.1 Å². The Hall–Kier alpha value is -2.19. The molecule has 0 spiro atoms. The zero-order valence-electron chi connectivity index (χ0n) is 9.93. The van der Waals surface area contributed by atoms with Gasteiger partial charge in [-0.05, 0) is 31.6 Å². The van der Waals surface area contributed by atoms with Crippen LogP contribution in [0.2, 0.25) is 0 Å². The van der Waals surface area contributed by atoms with Crippen molar-refractivity contribution in [2.24, 2.45) is 0 Å². The lowest BCUT2D eigenvalue weighted by Crippen LogP contribution is -2.20. The molecule has 0 bridgehead atoms. The molecule has 0 aliphatic carbocycles. The van der Waals surface area contributed by atoms with Gasteiger partial charge in [0, 0.05) is 0 Å². The first-order chi connectivity index (χ1) is 8.04. The van der Waals surface area contributed by atoms with E-state index in [0.717, 1.165) is 11.1 Å². The molecule has 4 heteroatoms. The van der Waals surface area contributed by atoms with Crippen LogP contribution in [0.25, 0.3) is 5.53 Å². The molecule has 0 amide bonds. The predicted molar refractivity (Wildman–Crippen MR) is 64.7 cm³/mol. The van der Waals surface area contributed by atoms with Crippen LogP contribution >= 0.6 is 0 Å². The monoisotopic (exact) mass is 230 g/mol. The Bertz CT molecular complexity index is 483. The SMILES string of the molecule is C=C(C)COC(=O)C(=[N+]=[N-])c1ccc(C)cc1. The maximum absolute atomic E-state index is 11.6. The number of benzene rings is 1. The highest BCUT2D eigenvalue weighted by Gasteiger charge is 2.24. The number of carbonyl (C=O) groups is 1. The summed E-state index contributed by atoms with van der Waals surface area (Å²) in [5.41, 5.74) is 11.0. The van der Waals surface area contributed by atoms with Crippen molar-refractivity contribution < 1.29 is 14.3 Å². The summed E-state index contributed by atoms with van der Waals surface area (Å²) in [5, 5.41) is 0. The third kappa shape index (κ3) is 3.70. The van der Waals surface area contributed by atoms with Gasteiger partial charge >= 0.3 is 11.7 Å². The van der Waals surface area contributed by atoms with Gasteiger partial charge in [0.2, 0.25) is 0 Å². The smallest absolute Gasteiger partial charge is 0.422 e. The number of nitrogens with zero attached hydrogens (tertiary/aromatic N) is 2. The van der Waals surface area contributed by atoms with E-state index in [1.165, 1.54) is 0 Å². The van der Waals surface area contributed by atoms with E-state index in [9.17, 15) is 4.79 Å². The normalized spacial score (nSPS) is 9.29. The summed E-state index contributed by atoms with van der Waals surface area (Å²) in [6.07, 6.45) is 0. The van der Waals surface area contributed by atoms with Crippen LogP contribution in [0.4, 0.5) is 0 Å². The molecule has 0 atom stereocenters. The Morgan fingerprint density at radius 2 is 2.00 bits per heavy atom. The van der Waals surface area contributed by atoms with E-state index in [1.54, 1.807) is 19.1 Å². The van der Waals surface area contributed by atoms with Crippen molar-refractivity contribution in [1.82, 2.24) is 0 Å². The van der Waals surface area contributed by atoms with E-state index in [0.29, 0.717) is 5.56 Å². The quantitative estimate of drug-likeness (QED) is 0.261. The molecule has 0 aliphatic heterocycles. The average molecular weight is 230 g/mol. The van der Waals surface area contributed by atoms with E-state index in [-0.39, 0.29) is 12.3 Å². The second kappa shape index (κ2) is 5.77. The van der Waals surface area contributed by atoms with Crippen molar-refractivity contribution in [3.8, 4) is 0 Å². The minimum atomic E-state index is -0.667. The van der Waals surface area contributed by atoms with Crippen molar-refractivity contribution in [1.29, 1.82) is 0 Å². The van der Waals surface area contributed by atoms with Gasteiger partial charge in [0.05, 0.1) is 5.56 Å². The highest BCUT2D eigenvalue weighted by Crippen LogP contribution is 2.05. The van der Waals surface area contributed by atoms with E-state index in [2.05, 4.69) is 11.4 Å². The number of rotatable bonds is 4. The average Bonchev–Trinajstić information content (AvgIpc) is 2.30. The number of hydrogen-bond acceptors (Lipinski definition) is 2. The minimum Gasteiger partial charge on any atom is -0.452 e. The molecular formula is C13H14N2O2. The predicted octanol–water partition coefficient (Wildman–Crippen LogP) is 2.13. The Labute approximate surface area is 100 Å². The van der Waals surface area contributed by atoms with Crippen molar-refractivity contribution in [3.63, 3.8) is 0 Å². The highest BCUT2D eigenvalue weighted by molar-refractivity contribution is 6.40. The van der Waals surface area contributed by atoms with Crippen LogP contribution in [0, 0.1) is 6.92 Å². The fourth-order valence-corrected chi connectivity index (χ4v) is 1.18. The molecule has 0 unspecified atom stereocenters. The number of aryl methyl sites for hydroxylation is 1. The molecule has 0 N–H and O–H groups in total. The number of carbonyl (C=O) groups excluding carboxylic acids is 1. The fraction of sp³-hybridized carbons (Fsp3) is 0.231. The molecule has 0 aliphatic rings. The number of ether oxygens (including phenoxy) is 1. The molecule has 88 valence electrons. The summed E-state index contributed by atoms with van der Waals surface area (Å²) in [7, 11) is 0. The lowest BCUT2D eigenvalue weighted by atomic mass is 10.1. The summed E-state index contributed by atoms with van der Waals surface area (Å²) in [6.45, 7) is 7.41. The first kappa shape index (κ1) is 12.9. The van der Waals surface area contributed by atoms with Crippen LogP contribution in [-0.2, 0) is 9.53 Å². The van der Waals surface area contributed by atoms with Crippen molar-refractivity contribution in [3.05, 3.63) is 53.1 Å². The van der Waals surface area contributed by atoms with Gasteiger partial charge in [-0.15, -0.1) is 0 Å². The van der Waals surface area contributed by atoms with Crippen molar-refractivity contribution in [2.45, 2.75) is 13.8 Å². The molecule has 1 aromatic carbocycles. The van der Waals surface area contributed by atoms with Gasteiger partial charge < -0.3 is 10.3 Å². The Morgan fingerprint density at radius 3 is 2.47 bits per heavy atom. The summed E-state index contributed by atoms with van der Waals surface area (Å²) in [6, 6.07) is 7.05. The van der Waals surface area contributed by atoms with E-state index in [4.69, 9.17) is 10.3 Å². The zero-order chi connectivity index (χ0) is 12.8. The van der Waals surface area contributed by atoms with Gasteiger partial charge in [-0.2, -0.15) is 4.79 Å². The van der Waals surface area contributed by atoms with Crippen LogP contribution < -0.4 is 0 Å². The van der Waals surface area contributed by atoms with Crippen LogP contribution in [0.5, 0.6) is 0 Å². The second-order valence-corrected chi connectivity index (χ2v) is 3.85. The van der Waals surface area contributed by atoms with Crippen LogP contribution in [0.1, 0.15) is 18.1 Å². The molecule has 0 radical (unpaired) electrons. The molecule has 0 saturated heterocycles. The van der Waals surface area contributed by atoms with Gasteiger partial charge in [-0.1, -0.05) is 24.3 Å². The maximum atomic E-state index is 11.6. The maximum Gasteiger partial charge on any atom is 0.422 e. The summed E-state index contributed by atoms with van der Waals surface area (Å²) >= 11 is 0. The minimum absolute atomic E-state index is 0.105. The van der Waals surface area contributed by atoms with Gasteiger partial charge in [-0.25, -0.2) is 4.79 Å². The van der Waals surface area contributed by atoms with Gasteiger partial charge in [0.25, 0.3) is 0 Å². The first-order valence-corrected chi connectivity index (χ1v) is 5.15. The molecule has 0 saturated carbocycles. The lowest BCUT2D eigenvalue weighted by molar-refractivity contribution is -0.139. The van der Waals surface area contributed by atoms with Crippen molar-refractivity contribution in [2.75, 3.05) is 6.61 Å².